The standard InChI is InChI=1S/C19H17N3O2/c23-19(14-7-5-13(6-8-14)16-10-20-21-11-16)22-17-9-15-3-1-2-4-18(15)24-12-17/h1-8,10-11,17H,9,12H2,(H,20,21)(H,22,23). The van der Waals surface area contributed by atoms with Crippen LogP contribution in [-0.4, -0.2) is 28.8 Å². The molecule has 1 aliphatic heterocycles. The number of aromatic nitrogens is 2. The number of hydrogen-bond donors (Lipinski definition) is 2. The molecule has 5 heteroatoms. The van der Waals surface area contributed by atoms with E-state index in [4.69, 9.17) is 4.74 Å². The first-order valence-corrected chi connectivity index (χ1v) is 7.90. The van der Waals surface area contributed by atoms with E-state index in [-0.39, 0.29) is 11.9 Å². The summed E-state index contributed by atoms with van der Waals surface area (Å²) in [7, 11) is 0. The lowest BCUT2D eigenvalue weighted by atomic mass is 10.0. The summed E-state index contributed by atoms with van der Waals surface area (Å²) < 4.78 is 5.72. The number of aromatic amines is 1. The first kappa shape index (κ1) is 14.5. The van der Waals surface area contributed by atoms with Crippen LogP contribution in [0.4, 0.5) is 0 Å². The van der Waals surface area contributed by atoms with Gasteiger partial charge in [-0.1, -0.05) is 30.3 Å². The minimum atomic E-state index is -0.0817. The van der Waals surface area contributed by atoms with Crippen molar-refractivity contribution in [1.82, 2.24) is 15.5 Å². The average Bonchev–Trinajstić information content (AvgIpc) is 3.16. The number of carbonyl (C=O) groups is 1. The highest BCUT2D eigenvalue weighted by Gasteiger charge is 2.21. The molecule has 0 bridgehead atoms. The fraction of sp³-hybridized carbons (Fsp3) is 0.158. The molecule has 5 nitrogen and oxygen atoms in total. The monoisotopic (exact) mass is 319 g/mol. The molecule has 1 amide bonds. The predicted octanol–water partition coefficient (Wildman–Crippen LogP) is 2.81. The fourth-order valence-electron chi connectivity index (χ4n) is 2.91. The highest BCUT2D eigenvalue weighted by molar-refractivity contribution is 5.94. The lowest BCUT2D eigenvalue weighted by Gasteiger charge is -2.26. The van der Waals surface area contributed by atoms with Crippen LogP contribution in [0, 0.1) is 0 Å². The molecular weight excluding hydrogens is 302 g/mol. The van der Waals surface area contributed by atoms with Crippen molar-refractivity contribution in [1.29, 1.82) is 0 Å². The van der Waals surface area contributed by atoms with E-state index in [1.165, 1.54) is 0 Å². The van der Waals surface area contributed by atoms with Crippen LogP contribution >= 0.6 is 0 Å². The lowest BCUT2D eigenvalue weighted by molar-refractivity contribution is 0.0915. The van der Waals surface area contributed by atoms with Crippen LogP contribution in [0.5, 0.6) is 5.75 Å². The summed E-state index contributed by atoms with van der Waals surface area (Å²) in [5.74, 6) is 0.828. The third kappa shape index (κ3) is 2.88. The molecule has 0 saturated heterocycles. The van der Waals surface area contributed by atoms with Crippen LogP contribution in [0.3, 0.4) is 0 Å². The molecule has 2 N–H and O–H groups in total. The van der Waals surface area contributed by atoms with E-state index in [0.717, 1.165) is 28.9 Å². The number of benzene rings is 2. The van der Waals surface area contributed by atoms with Gasteiger partial charge in [0.2, 0.25) is 0 Å². The Balaban J connectivity index is 1.43. The smallest absolute Gasteiger partial charge is 0.251 e. The second-order valence-electron chi connectivity index (χ2n) is 5.86. The van der Waals surface area contributed by atoms with E-state index in [9.17, 15) is 4.79 Å². The normalized spacial score (nSPS) is 16.1. The van der Waals surface area contributed by atoms with Crippen molar-refractivity contribution < 1.29 is 9.53 Å². The summed E-state index contributed by atoms with van der Waals surface area (Å²) in [6.45, 7) is 0.496. The topological polar surface area (TPSA) is 67.0 Å². The SMILES string of the molecule is O=C(NC1COc2ccccc2C1)c1ccc(-c2cn[nH]c2)cc1. The lowest BCUT2D eigenvalue weighted by Crippen LogP contribution is -2.42. The quantitative estimate of drug-likeness (QED) is 0.780. The molecule has 0 aliphatic carbocycles. The maximum Gasteiger partial charge on any atom is 0.251 e. The third-order valence-corrected chi connectivity index (χ3v) is 4.19. The van der Waals surface area contributed by atoms with Crippen LogP contribution in [-0.2, 0) is 6.42 Å². The number of para-hydroxylation sites is 1. The van der Waals surface area contributed by atoms with Crippen LogP contribution < -0.4 is 10.1 Å². The molecule has 4 rings (SSSR count). The summed E-state index contributed by atoms with van der Waals surface area (Å²) in [4.78, 5) is 12.4. The van der Waals surface area contributed by atoms with Crippen molar-refractivity contribution in [2.75, 3.05) is 6.61 Å². The number of carbonyl (C=O) groups excluding carboxylic acids is 1. The fourth-order valence-corrected chi connectivity index (χ4v) is 2.91. The number of nitrogens with one attached hydrogen (secondary N) is 2. The van der Waals surface area contributed by atoms with Gasteiger partial charge >= 0.3 is 0 Å². The number of nitrogens with zero attached hydrogens (tertiary/aromatic N) is 1. The molecule has 2 heterocycles. The van der Waals surface area contributed by atoms with E-state index in [1.807, 2.05) is 54.7 Å². The van der Waals surface area contributed by atoms with Gasteiger partial charge in [0.15, 0.2) is 0 Å². The van der Waals surface area contributed by atoms with Gasteiger partial charge in [-0.3, -0.25) is 9.89 Å². The second-order valence-corrected chi connectivity index (χ2v) is 5.86. The van der Waals surface area contributed by atoms with Crippen molar-refractivity contribution in [2.45, 2.75) is 12.5 Å². The highest BCUT2D eigenvalue weighted by atomic mass is 16.5. The maximum absolute atomic E-state index is 12.4. The predicted molar refractivity (Wildman–Crippen MR) is 90.9 cm³/mol. The summed E-state index contributed by atoms with van der Waals surface area (Å²) in [5, 5.41) is 9.77. The summed E-state index contributed by atoms with van der Waals surface area (Å²) in [6, 6.07) is 15.4. The van der Waals surface area contributed by atoms with E-state index in [1.54, 1.807) is 6.20 Å². The Kier molecular flexibility index (Phi) is 3.75. The van der Waals surface area contributed by atoms with Gasteiger partial charge < -0.3 is 10.1 Å². The number of fused-ring (bicyclic) bond motifs is 1. The van der Waals surface area contributed by atoms with Gasteiger partial charge in [0.05, 0.1) is 12.2 Å². The number of amides is 1. The number of H-pyrrole nitrogens is 1. The largest absolute Gasteiger partial charge is 0.491 e. The molecule has 3 aromatic rings. The summed E-state index contributed by atoms with van der Waals surface area (Å²) in [5.41, 5.74) is 3.79. The van der Waals surface area contributed by atoms with Gasteiger partial charge in [-0.05, 0) is 35.7 Å². The van der Waals surface area contributed by atoms with Crippen molar-refractivity contribution in [2.24, 2.45) is 0 Å². The minimum Gasteiger partial charge on any atom is -0.491 e. The van der Waals surface area contributed by atoms with Crippen molar-refractivity contribution in [3.8, 4) is 16.9 Å². The van der Waals surface area contributed by atoms with E-state index in [2.05, 4.69) is 15.5 Å². The van der Waals surface area contributed by atoms with Gasteiger partial charge in [-0.2, -0.15) is 5.10 Å². The average molecular weight is 319 g/mol. The van der Waals surface area contributed by atoms with E-state index >= 15 is 0 Å². The molecule has 0 fully saturated rings. The first-order valence-electron chi connectivity index (χ1n) is 7.90. The highest BCUT2D eigenvalue weighted by Crippen LogP contribution is 2.24. The van der Waals surface area contributed by atoms with E-state index in [0.29, 0.717) is 12.2 Å². The number of rotatable bonds is 3. The molecule has 1 atom stereocenters. The van der Waals surface area contributed by atoms with Crippen LogP contribution in [0.15, 0.2) is 60.9 Å². The molecule has 0 saturated carbocycles. The summed E-state index contributed by atoms with van der Waals surface area (Å²) >= 11 is 0. The zero-order valence-corrected chi connectivity index (χ0v) is 13.0. The number of ether oxygens (including phenoxy) is 1. The molecule has 0 radical (unpaired) electrons. The van der Waals surface area contributed by atoms with E-state index < -0.39 is 0 Å². The van der Waals surface area contributed by atoms with Gasteiger partial charge in [-0.15, -0.1) is 0 Å². The maximum atomic E-state index is 12.4. The zero-order chi connectivity index (χ0) is 16.4. The Morgan fingerprint density at radius 3 is 2.75 bits per heavy atom. The Bertz CT molecular complexity index is 841. The van der Waals surface area contributed by atoms with Crippen molar-refractivity contribution >= 4 is 5.91 Å². The Hall–Kier alpha value is -3.08. The van der Waals surface area contributed by atoms with Crippen LogP contribution in [0.2, 0.25) is 0 Å². The first-order chi connectivity index (χ1) is 11.8. The summed E-state index contributed by atoms with van der Waals surface area (Å²) in [6.07, 6.45) is 4.37. The van der Waals surface area contributed by atoms with Gasteiger partial charge in [0.1, 0.15) is 12.4 Å². The molecule has 1 aromatic heterocycles. The molecule has 1 unspecified atom stereocenters. The minimum absolute atomic E-state index is 0.0130. The molecule has 1 aliphatic rings. The number of hydrogen-bond acceptors (Lipinski definition) is 3. The Morgan fingerprint density at radius 2 is 1.96 bits per heavy atom. The molecular formula is C19H17N3O2. The van der Waals surface area contributed by atoms with Crippen molar-refractivity contribution in [3.63, 3.8) is 0 Å². The third-order valence-electron chi connectivity index (χ3n) is 4.19. The second kappa shape index (κ2) is 6.20. The molecule has 120 valence electrons. The van der Waals surface area contributed by atoms with Gasteiger partial charge in [0.25, 0.3) is 5.91 Å². The van der Waals surface area contributed by atoms with Crippen LogP contribution in [0.1, 0.15) is 15.9 Å². The van der Waals surface area contributed by atoms with Crippen molar-refractivity contribution in [3.05, 3.63) is 72.1 Å². The molecule has 24 heavy (non-hydrogen) atoms. The Labute approximate surface area is 139 Å². The Morgan fingerprint density at radius 1 is 1.12 bits per heavy atom. The molecule has 2 aromatic carbocycles. The van der Waals surface area contributed by atoms with Gasteiger partial charge in [0, 0.05) is 17.3 Å². The van der Waals surface area contributed by atoms with Crippen LogP contribution in [0.25, 0.3) is 11.1 Å². The van der Waals surface area contributed by atoms with Gasteiger partial charge in [-0.25, -0.2) is 0 Å². The molecule has 0 spiro atoms. The zero-order valence-electron chi connectivity index (χ0n) is 13.0.